The van der Waals surface area contributed by atoms with E-state index in [2.05, 4.69) is 10.3 Å². The van der Waals surface area contributed by atoms with Gasteiger partial charge in [0.05, 0.1) is 16.8 Å². The first-order chi connectivity index (χ1) is 12.0. The van der Waals surface area contributed by atoms with Crippen LogP contribution in [0.1, 0.15) is 19.4 Å². The Bertz CT molecular complexity index is 735. The van der Waals surface area contributed by atoms with Crippen LogP contribution in [0.15, 0.2) is 47.5 Å². The molecule has 1 heterocycles. The fraction of sp³-hybridized carbons (Fsp3) is 0.294. The number of nitrogens with one attached hydrogen (secondary N) is 1. The van der Waals surface area contributed by atoms with Gasteiger partial charge in [-0.25, -0.2) is 4.98 Å². The van der Waals surface area contributed by atoms with Gasteiger partial charge in [-0.3, -0.25) is 14.9 Å². The normalized spacial score (nSPS) is 10.5. The van der Waals surface area contributed by atoms with Gasteiger partial charge in [-0.2, -0.15) is 0 Å². The van der Waals surface area contributed by atoms with Crippen molar-refractivity contribution in [3.63, 3.8) is 0 Å². The molecule has 0 unspecified atom stereocenters. The van der Waals surface area contributed by atoms with Crippen molar-refractivity contribution in [3.8, 4) is 5.88 Å². The number of hydrogen-bond donors (Lipinski definition) is 1. The summed E-state index contributed by atoms with van der Waals surface area (Å²) in [5, 5.41) is 13.4. The monoisotopic (exact) mass is 361 g/mol. The lowest BCUT2D eigenvalue weighted by Gasteiger charge is -2.13. The summed E-state index contributed by atoms with van der Waals surface area (Å²) in [6.07, 6.45) is 1.65. The number of aromatic nitrogens is 1. The van der Waals surface area contributed by atoms with Crippen LogP contribution in [0.5, 0.6) is 5.88 Å². The highest BCUT2D eigenvalue weighted by atomic mass is 32.2. The van der Waals surface area contributed by atoms with Crippen LogP contribution >= 0.6 is 11.8 Å². The molecule has 0 aliphatic heterocycles. The molecule has 1 N–H and O–H groups in total. The van der Waals surface area contributed by atoms with E-state index in [0.717, 1.165) is 10.5 Å². The number of ether oxygens (including phenoxy) is 1. The number of benzene rings is 1. The van der Waals surface area contributed by atoms with Gasteiger partial charge in [-0.05, 0) is 32.0 Å². The summed E-state index contributed by atoms with van der Waals surface area (Å²) in [6, 6.07) is 9.75. The average molecular weight is 361 g/mol. The number of non-ortho nitro benzene ring substituents is 1. The van der Waals surface area contributed by atoms with Gasteiger partial charge in [0.25, 0.3) is 5.69 Å². The highest BCUT2D eigenvalue weighted by molar-refractivity contribution is 8.00. The third-order valence-electron chi connectivity index (χ3n) is 3.09. The summed E-state index contributed by atoms with van der Waals surface area (Å²) in [5.74, 6) is 0.599. The molecule has 0 fully saturated rings. The van der Waals surface area contributed by atoms with Crippen molar-refractivity contribution in [2.75, 3.05) is 5.75 Å². The maximum atomic E-state index is 12.0. The van der Waals surface area contributed by atoms with Crippen molar-refractivity contribution in [3.05, 3.63) is 58.3 Å². The quantitative estimate of drug-likeness (QED) is 0.441. The van der Waals surface area contributed by atoms with Crippen LogP contribution in [0, 0.1) is 10.1 Å². The molecule has 0 saturated heterocycles. The number of nitrogens with zero attached hydrogens (tertiary/aromatic N) is 2. The molecule has 1 amide bonds. The zero-order valence-corrected chi connectivity index (χ0v) is 14.8. The van der Waals surface area contributed by atoms with Gasteiger partial charge in [-0.1, -0.05) is 6.07 Å². The third kappa shape index (κ3) is 6.07. The molecule has 1 aromatic heterocycles. The first-order valence-corrected chi connectivity index (χ1v) is 8.68. The number of pyridine rings is 1. The highest BCUT2D eigenvalue weighted by Crippen LogP contribution is 2.21. The van der Waals surface area contributed by atoms with Gasteiger partial charge < -0.3 is 10.1 Å². The Balaban J connectivity index is 1.84. The molecule has 0 saturated carbocycles. The van der Waals surface area contributed by atoms with Crippen molar-refractivity contribution in [1.82, 2.24) is 10.3 Å². The van der Waals surface area contributed by atoms with Crippen molar-refractivity contribution < 1.29 is 14.5 Å². The van der Waals surface area contributed by atoms with E-state index >= 15 is 0 Å². The third-order valence-corrected chi connectivity index (χ3v) is 4.10. The number of carbonyl (C=O) groups excluding carboxylic acids is 1. The molecular weight excluding hydrogens is 342 g/mol. The van der Waals surface area contributed by atoms with Crippen LogP contribution in [0.25, 0.3) is 0 Å². The van der Waals surface area contributed by atoms with E-state index in [1.54, 1.807) is 24.4 Å². The molecule has 0 aliphatic carbocycles. The molecule has 0 bridgehead atoms. The van der Waals surface area contributed by atoms with E-state index in [4.69, 9.17) is 4.74 Å². The van der Waals surface area contributed by atoms with Crippen molar-refractivity contribution in [1.29, 1.82) is 0 Å². The Kier molecular flexibility index (Phi) is 6.76. The maximum Gasteiger partial charge on any atom is 0.269 e. The number of thioether (sulfide) groups is 1. The van der Waals surface area contributed by atoms with Crippen molar-refractivity contribution in [2.45, 2.75) is 31.4 Å². The number of rotatable bonds is 8. The zero-order chi connectivity index (χ0) is 18.2. The second-order valence-electron chi connectivity index (χ2n) is 5.45. The second-order valence-corrected chi connectivity index (χ2v) is 6.50. The van der Waals surface area contributed by atoms with Gasteiger partial charge >= 0.3 is 0 Å². The summed E-state index contributed by atoms with van der Waals surface area (Å²) in [7, 11) is 0. The summed E-state index contributed by atoms with van der Waals surface area (Å²) >= 11 is 1.32. The van der Waals surface area contributed by atoms with Crippen LogP contribution in [-0.4, -0.2) is 27.7 Å². The number of amides is 1. The molecule has 0 spiro atoms. The molecule has 132 valence electrons. The fourth-order valence-electron chi connectivity index (χ4n) is 1.95. The van der Waals surface area contributed by atoms with Crippen LogP contribution < -0.4 is 10.1 Å². The molecular formula is C17H19N3O4S. The summed E-state index contributed by atoms with van der Waals surface area (Å²) < 4.78 is 5.61. The SMILES string of the molecule is CC(C)Oc1ncccc1CNC(=O)CSc1ccc([N+](=O)[O-])cc1. The van der Waals surface area contributed by atoms with E-state index < -0.39 is 4.92 Å². The highest BCUT2D eigenvalue weighted by Gasteiger charge is 2.09. The topological polar surface area (TPSA) is 94.4 Å². The zero-order valence-electron chi connectivity index (χ0n) is 14.0. The maximum absolute atomic E-state index is 12.0. The van der Waals surface area contributed by atoms with Gasteiger partial charge in [0.1, 0.15) is 0 Å². The van der Waals surface area contributed by atoms with Crippen LogP contribution in [-0.2, 0) is 11.3 Å². The minimum absolute atomic E-state index is 0.00189. The molecule has 2 aromatic rings. The molecule has 7 nitrogen and oxygen atoms in total. The lowest BCUT2D eigenvalue weighted by Crippen LogP contribution is -2.25. The Morgan fingerprint density at radius 3 is 2.68 bits per heavy atom. The molecule has 0 aliphatic rings. The number of hydrogen-bond acceptors (Lipinski definition) is 6. The molecule has 2 rings (SSSR count). The predicted molar refractivity (Wildman–Crippen MR) is 95.7 cm³/mol. The molecule has 25 heavy (non-hydrogen) atoms. The van der Waals surface area contributed by atoms with Crippen LogP contribution in [0.2, 0.25) is 0 Å². The first-order valence-electron chi connectivity index (χ1n) is 7.70. The first kappa shape index (κ1) is 18.7. The smallest absolute Gasteiger partial charge is 0.269 e. The predicted octanol–water partition coefficient (Wildman–Crippen LogP) is 3.19. The minimum atomic E-state index is -0.453. The van der Waals surface area contributed by atoms with Crippen molar-refractivity contribution in [2.24, 2.45) is 0 Å². The molecule has 0 atom stereocenters. The summed E-state index contributed by atoms with van der Waals surface area (Å²) in [4.78, 5) is 27.1. The lowest BCUT2D eigenvalue weighted by atomic mass is 10.2. The Morgan fingerprint density at radius 1 is 1.32 bits per heavy atom. The Hall–Kier alpha value is -2.61. The Morgan fingerprint density at radius 2 is 2.04 bits per heavy atom. The molecule has 1 aromatic carbocycles. The molecule has 0 radical (unpaired) electrons. The van der Waals surface area contributed by atoms with Crippen LogP contribution in [0.4, 0.5) is 5.69 Å². The molecule has 8 heteroatoms. The minimum Gasteiger partial charge on any atom is -0.475 e. The lowest BCUT2D eigenvalue weighted by molar-refractivity contribution is -0.384. The van der Waals surface area contributed by atoms with E-state index in [-0.39, 0.29) is 23.5 Å². The van der Waals surface area contributed by atoms with Gasteiger partial charge in [0.15, 0.2) is 0 Å². The van der Waals surface area contributed by atoms with E-state index in [1.165, 1.54) is 23.9 Å². The summed E-state index contributed by atoms with van der Waals surface area (Å²) in [5.41, 5.74) is 0.841. The van der Waals surface area contributed by atoms with Crippen molar-refractivity contribution >= 4 is 23.4 Å². The van der Waals surface area contributed by atoms with E-state index in [0.29, 0.717) is 12.4 Å². The van der Waals surface area contributed by atoms with Gasteiger partial charge in [0, 0.05) is 35.3 Å². The van der Waals surface area contributed by atoms with E-state index in [9.17, 15) is 14.9 Å². The largest absolute Gasteiger partial charge is 0.475 e. The summed E-state index contributed by atoms with van der Waals surface area (Å²) in [6.45, 7) is 4.16. The fourth-order valence-corrected chi connectivity index (χ4v) is 2.67. The standard InChI is InChI=1S/C17H19N3O4S/c1-12(2)24-17-13(4-3-9-18-17)10-19-16(21)11-25-15-7-5-14(6-8-15)20(22)23/h3-9,12H,10-11H2,1-2H3,(H,19,21). The number of carbonyl (C=O) groups is 1. The number of nitro benzene ring substituents is 1. The Labute approximate surface area is 149 Å². The van der Waals surface area contributed by atoms with Gasteiger partial charge in [0.2, 0.25) is 11.8 Å². The van der Waals surface area contributed by atoms with Gasteiger partial charge in [-0.15, -0.1) is 11.8 Å². The van der Waals surface area contributed by atoms with E-state index in [1.807, 2.05) is 19.9 Å². The average Bonchev–Trinajstić information content (AvgIpc) is 2.59. The second kappa shape index (κ2) is 9.03. The van der Waals surface area contributed by atoms with Crippen LogP contribution in [0.3, 0.4) is 0 Å². The number of nitro groups is 1.